The molecule has 0 aliphatic carbocycles. The summed E-state index contributed by atoms with van der Waals surface area (Å²) in [4.78, 5) is 8.91. The minimum Gasteiger partial charge on any atom is -0.381 e. The number of nitrogens with one attached hydrogen (secondary N) is 1. The van der Waals surface area contributed by atoms with Gasteiger partial charge in [0, 0.05) is 62.2 Å². The van der Waals surface area contributed by atoms with Crippen LogP contribution in [0.3, 0.4) is 0 Å². The summed E-state index contributed by atoms with van der Waals surface area (Å²) in [6, 6.07) is 4.56. The molecular formula is C19H25N3O2S. The molecule has 0 amide bonds. The summed E-state index contributed by atoms with van der Waals surface area (Å²) in [5.41, 5.74) is 2.31. The van der Waals surface area contributed by atoms with Gasteiger partial charge in [0.2, 0.25) is 0 Å². The van der Waals surface area contributed by atoms with Gasteiger partial charge in [0.1, 0.15) is 5.01 Å². The average Bonchev–Trinajstić information content (AvgIpc) is 3.12. The van der Waals surface area contributed by atoms with E-state index in [2.05, 4.69) is 21.7 Å². The Kier molecular flexibility index (Phi) is 5.41. The van der Waals surface area contributed by atoms with Crippen molar-refractivity contribution in [1.29, 1.82) is 0 Å². The van der Waals surface area contributed by atoms with E-state index < -0.39 is 0 Å². The van der Waals surface area contributed by atoms with Gasteiger partial charge in [0.05, 0.1) is 11.3 Å². The Hall–Kier alpha value is -1.34. The number of ether oxygens (including phenoxy) is 2. The molecule has 1 atom stereocenters. The summed E-state index contributed by atoms with van der Waals surface area (Å²) in [6.45, 7) is 3.50. The third kappa shape index (κ3) is 4.26. The van der Waals surface area contributed by atoms with Crippen LogP contribution < -0.4 is 5.32 Å². The quantitative estimate of drug-likeness (QED) is 0.889. The molecule has 4 rings (SSSR count). The number of hydrogen-bond donors (Lipinski definition) is 1. The van der Waals surface area contributed by atoms with Crippen molar-refractivity contribution in [3.8, 4) is 10.6 Å². The van der Waals surface area contributed by atoms with Gasteiger partial charge in [-0.3, -0.25) is 4.98 Å². The van der Waals surface area contributed by atoms with Crippen molar-refractivity contribution in [1.82, 2.24) is 15.3 Å². The Balaban J connectivity index is 1.27. The molecule has 0 radical (unpaired) electrons. The fourth-order valence-electron chi connectivity index (χ4n) is 3.74. The Labute approximate surface area is 152 Å². The zero-order valence-electron chi connectivity index (χ0n) is 14.4. The minimum atomic E-state index is 0.0578. The standard InChI is InChI=1S/C19H25N3O2S/c1-2-15(13-20-7-1)18-22-17(14-25-18)3-8-21-16-4-9-24-19(12-16)5-10-23-11-6-19/h1-2,7,13-14,16,21H,3-6,8-12H2. The van der Waals surface area contributed by atoms with Gasteiger partial charge in [-0.2, -0.15) is 0 Å². The highest BCUT2D eigenvalue weighted by molar-refractivity contribution is 7.13. The van der Waals surface area contributed by atoms with Crippen LogP contribution >= 0.6 is 11.3 Å². The van der Waals surface area contributed by atoms with Gasteiger partial charge >= 0.3 is 0 Å². The van der Waals surface area contributed by atoms with Gasteiger partial charge in [-0.1, -0.05) is 0 Å². The van der Waals surface area contributed by atoms with E-state index in [-0.39, 0.29) is 5.60 Å². The normalized spacial score (nSPS) is 23.0. The Morgan fingerprint density at radius 3 is 3.04 bits per heavy atom. The number of nitrogens with zero attached hydrogens (tertiary/aromatic N) is 2. The molecule has 0 saturated carbocycles. The molecule has 1 N–H and O–H groups in total. The third-order valence-electron chi connectivity index (χ3n) is 5.17. The lowest BCUT2D eigenvalue weighted by molar-refractivity contribution is -0.140. The second kappa shape index (κ2) is 7.91. The predicted molar refractivity (Wildman–Crippen MR) is 98.8 cm³/mol. The number of rotatable bonds is 5. The fraction of sp³-hybridized carbons (Fsp3) is 0.579. The molecule has 0 bridgehead atoms. The Morgan fingerprint density at radius 2 is 2.20 bits per heavy atom. The van der Waals surface area contributed by atoms with E-state index in [1.165, 1.54) is 0 Å². The van der Waals surface area contributed by atoms with Crippen LogP contribution in [0, 0.1) is 0 Å². The van der Waals surface area contributed by atoms with E-state index >= 15 is 0 Å². The van der Waals surface area contributed by atoms with Crippen LogP contribution in [0.2, 0.25) is 0 Å². The van der Waals surface area contributed by atoms with E-state index in [1.807, 2.05) is 12.3 Å². The molecule has 2 aromatic heterocycles. The molecule has 1 unspecified atom stereocenters. The highest BCUT2D eigenvalue weighted by atomic mass is 32.1. The van der Waals surface area contributed by atoms with Crippen molar-refractivity contribution < 1.29 is 9.47 Å². The topological polar surface area (TPSA) is 56.3 Å². The van der Waals surface area contributed by atoms with Crippen LogP contribution in [0.25, 0.3) is 10.6 Å². The van der Waals surface area contributed by atoms with Crippen molar-refractivity contribution >= 4 is 11.3 Å². The molecule has 4 heterocycles. The lowest BCUT2D eigenvalue weighted by atomic mass is 9.84. The van der Waals surface area contributed by atoms with Crippen LogP contribution in [-0.2, 0) is 15.9 Å². The van der Waals surface area contributed by atoms with E-state index in [9.17, 15) is 0 Å². The van der Waals surface area contributed by atoms with E-state index in [0.29, 0.717) is 6.04 Å². The molecule has 2 aliphatic rings. The lowest BCUT2D eigenvalue weighted by Gasteiger charge is -2.43. The molecule has 0 aromatic carbocycles. The monoisotopic (exact) mass is 359 g/mol. The van der Waals surface area contributed by atoms with Gasteiger partial charge in [-0.25, -0.2) is 4.98 Å². The van der Waals surface area contributed by atoms with Gasteiger partial charge < -0.3 is 14.8 Å². The largest absolute Gasteiger partial charge is 0.381 e. The zero-order valence-corrected chi connectivity index (χ0v) is 15.3. The maximum absolute atomic E-state index is 6.12. The highest BCUT2D eigenvalue weighted by Gasteiger charge is 2.38. The maximum Gasteiger partial charge on any atom is 0.125 e. The number of aromatic nitrogens is 2. The lowest BCUT2D eigenvalue weighted by Crippen LogP contribution is -2.50. The van der Waals surface area contributed by atoms with Crippen molar-refractivity contribution in [3.63, 3.8) is 0 Å². The number of thiazole rings is 1. The first-order valence-electron chi connectivity index (χ1n) is 9.13. The predicted octanol–water partition coefficient (Wildman–Crippen LogP) is 3.07. The molecule has 25 heavy (non-hydrogen) atoms. The molecule has 6 heteroatoms. The van der Waals surface area contributed by atoms with E-state index in [4.69, 9.17) is 14.5 Å². The van der Waals surface area contributed by atoms with Gasteiger partial charge in [-0.05, 0) is 37.8 Å². The number of pyridine rings is 1. The summed E-state index contributed by atoms with van der Waals surface area (Å²) in [5.74, 6) is 0. The van der Waals surface area contributed by atoms with E-state index in [0.717, 1.165) is 74.7 Å². The smallest absolute Gasteiger partial charge is 0.125 e. The first kappa shape index (κ1) is 17.1. The Bertz CT molecular complexity index is 665. The van der Waals surface area contributed by atoms with Crippen LogP contribution in [0.1, 0.15) is 31.4 Å². The first-order chi connectivity index (χ1) is 12.3. The second-order valence-electron chi connectivity index (χ2n) is 6.92. The van der Waals surface area contributed by atoms with Crippen LogP contribution in [0.5, 0.6) is 0 Å². The van der Waals surface area contributed by atoms with Gasteiger partial charge in [-0.15, -0.1) is 11.3 Å². The summed E-state index contributed by atoms with van der Waals surface area (Å²) in [5, 5.41) is 6.93. The first-order valence-corrected chi connectivity index (χ1v) is 10.0. The Morgan fingerprint density at radius 1 is 1.28 bits per heavy atom. The van der Waals surface area contributed by atoms with E-state index in [1.54, 1.807) is 17.5 Å². The molecule has 1 spiro atoms. The summed E-state index contributed by atoms with van der Waals surface area (Å²) >= 11 is 1.69. The van der Waals surface area contributed by atoms with Gasteiger partial charge in [0.15, 0.2) is 0 Å². The summed E-state index contributed by atoms with van der Waals surface area (Å²) < 4.78 is 11.6. The average molecular weight is 359 g/mol. The molecule has 2 aliphatic heterocycles. The fourth-order valence-corrected chi connectivity index (χ4v) is 4.59. The van der Waals surface area contributed by atoms with Crippen molar-refractivity contribution in [2.24, 2.45) is 0 Å². The van der Waals surface area contributed by atoms with Crippen molar-refractivity contribution in [2.45, 2.75) is 43.7 Å². The third-order valence-corrected chi connectivity index (χ3v) is 6.11. The molecule has 2 saturated heterocycles. The van der Waals surface area contributed by atoms with Crippen molar-refractivity contribution in [2.75, 3.05) is 26.4 Å². The van der Waals surface area contributed by atoms with Crippen LogP contribution in [0.4, 0.5) is 0 Å². The molecular weight excluding hydrogens is 334 g/mol. The van der Waals surface area contributed by atoms with Crippen molar-refractivity contribution in [3.05, 3.63) is 35.6 Å². The summed E-state index contributed by atoms with van der Waals surface area (Å²) in [7, 11) is 0. The summed E-state index contributed by atoms with van der Waals surface area (Å²) in [6.07, 6.45) is 8.90. The number of hydrogen-bond acceptors (Lipinski definition) is 6. The maximum atomic E-state index is 6.12. The zero-order chi connectivity index (χ0) is 17.0. The molecule has 2 fully saturated rings. The highest BCUT2D eigenvalue weighted by Crippen LogP contribution is 2.34. The van der Waals surface area contributed by atoms with Crippen LogP contribution in [-0.4, -0.2) is 48.0 Å². The molecule has 134 valence electrons. The van der Waals surface area contributed by atoms with Crippen LogP contribution in [0.15, 0.2) is 29.9 Å². The van der Waals surface area contributed by atoms with Gasteiger partial charge in [0.25, 0.3) is 0 Å². The SMILES string of the molecule is c1cncc(-c2nc(CCNC3CCOC4(CCOCC4)C3)cs2)c1. The molecule has 5 nitrogen and oxygen atoms in total. The minimum absolute atomic E-state index is 0.0578. The second-order valence-corrected chi connectivity index (χ2v) is 7.78. The molecule has 2 aromatic rings.